The predicted molar refractivity (Wildman–Crippen MR) is 80.8 cm³/mol. The van der Waals surface area contributed by atoms with Gasteiger partial charge in [0.15, 0.2) is 0 Å². The minimum absolute atomic E-state index is 0.252. The fraction of sp³-hybridized carbons (Fsp3) is 0.529. The SMILES string of the molecule is COCCC1(CNC(C)c2cc3ccccc3o2)CC1. The molecule has 1 aliphatic rings. The molecule has 0 amide bonds. The van der Waals surface area contributed by atoms with E-state index in [1.807, 2.05) is 18.2 Å². The lowest BCUT2D eigenvalue weighted by molar-refractivity contribution is 0.170. The van der Waals surface area contributed by atoms with Crippen molar-refractivity contribution < 1.29 is 9.15 Å². The van der Waals surface area contributed by atoms with Gasteiger partial charge in [0.25, 0.3) is 0 Å². The summed E-state index contributed by atoms with van der Waals surface area (Å²) in [6.45, 7) is 4.08. The maximum absolute atomic E-state index is 5.91. The maximum atomic E-state index is 5.91. The fourth-order valence-corrected chi connectivity index (χ4v) is 2.70. The third kappa shape index (κ3) is 2.89. The Morgan fingerprint density at radius 2 is 2.15 bits per heavy atom. The van der Waals surface area contributed by atoms with Crippen molar-refractivity contribution in [2.45, 2.75) is 32.2 Å². The Morgan fingerprint density at radius 1 is 1.35 bits per heavy atom. The Bertz CT molecular complexity index is 538. The minimum Gasteiger partial charge on any atom is -0.459 e. The number of hydrogen-bond acceptors (Lipinski definition) is 3. The van der Waals surface area contributed by atoms with Gasteiger partial charge in [0.05, 0.1) is 6.04 Å². The zero-order valence-electron chi connectivity index (χ0n) is 12.3. The van der Waals surface area contributed by atoms with E-state index < -0.39 is 0 Å². The van der Waals surface area contributed by atoms with Gasteiger partial charge >= 0.3 is 0 Å². The van der Waals surface area contributed by atoms with E-state index in [1.54, 1.807) is 7.11 Å². The predicted octanol–water partition coefficient (Wildman–Crippen LogP) is 3.90. The van der Waals surface area contributed by atoms with Crippen LogP contribution in [0.25, 0.3) is 11.0 Å². The highest BCUT2D eigenvalue weighted by molar-refractivity contribution is 5.77. The summed E-state index contributed by atoms with van der Waals surface area (Å²) in [5.74, 6) is 1.02. The van der Waals surface area contributed by atoms with Crippen LogP contribution in [0.4, 0.5) is 0 Å². The lowest BCUT2D eigenvalue weighted by Crippen LogP contribution is -2.27. The van der Waals surface area contributed by atoms with Crippen LogP contribution in [0.3, 0.4) is 0 Å². The Labute approximate surface area is 120 Å². The number of para-hydroxylation sites is 1. The van der Waals surface area contributed by atoms with Gasteiger partial charge in [0, 0.05) is 25.6 Å². The number of ether oxygens (including phenoxy) is 1. The number of nitrogens with one attached hydrogen (secondary N) is 1. The minimum atomic E-state index is 0.252. The zero-order valence-corrected chi connectivity index (χ0v) is 12.3. The van der Waals surface area contributed by atoms with Crippen molar-refractivity contribution in [3.05, 3.63) is 36.1 Å². The molecule has 0 spiro atoms. The molecule has 0 bridgehead atoms. The molecule has 3 nitrogen and oxygen atoms in total. The van der Waals surface area contributed by atoms with Gasteiger partial charge in [-0.1, -0.05) is 18.2 Å². The molecule has 0 radical (unpaired) electrons. The third-order valence-electron chi connectivity index (χ3n) is 4.45. The van der Waals surface area contributed by atoms with E-state index in [4.69, 9.17) is 9.15 Å². The topological polar surface area (TPSA) is 34.4 Å². The van der Waals surface area contributed by atoms with E-state index in [0.717, 1.165) is 30.9 Å². The average Bonchev–Trinajstić information content (AvgIpc) is 3.11. The first-order chi connectivity index (χ1) is 9.72. The molecule has 1 aromatic heterocycles. The smallest absolute Gasteiger partial charge is 0.134 e. The first-order valence-corrected chi connectivity index (χ1v) is 7.43. The van der Waals surface area contributed by atoms with E-state index >= 15 is 0 Å². The van der Waals surface area contributed by atoms with Gasteiger partial charge in [0.1, 0.15) is 11.3 Å². The van der Waals surface area contributed by atoms with Crippen LogP contribution >= 0.6 is 0 Å². The van der Waals surface area contributed by atoms with Crippen LogP contribution in [-0.2, 0) is 4.74 Å². The van der Waals surface area contributed by atoms with Crippen molar-refractivity contribution in [2.75, 3.05) is 20.3 Å². The van der Waals surface area contributed by atoms with Crippen molar-refractivity contribution in [3.8, 4) is 0 Å². The van der Waals surface area contributed by atoms with E-state index in [9.17, 15) is 0 Å². The van der Waals surface area contributed by atoms with Crippen LogP contribution in [0, 0.1) is 5.41 Å². The molecule has 1 unspecified atom stereocenters. The first kappa shape index (κ1) is 13.7. The van der Waals surface area contributed by atoms with Crippen LogP contribution < -0.4 is 5.32 Å². The number of hydrogen-bond donors (Lipinski definition) is 1. The van der Waals surface area contributed by atoms with Gasteiger partial charge in [-0.15, -0.1) is 0 Å². The standard InChI is InChI=1S/C17H23NO2/c1-13(18-12-17(7-8-17)9-10-19-2)16-11-14-5-3-4-6-15(14)20-16/h3-6,11,13,18H,7-10,12H2,1-2H3. The largest absolute Gasteiger partial charge is 0.459 e. The molecule has 3 rings (SSSR count). The van der Waals surface area contributed by atoms with Crippen molar-refractivity contribution in [3.63, 3.8) is 0 Å². The van der Waals surface area contributed by atoms with Crippen molar-refractivity contribution in [1.82, 2.24) is 5.32 Å². The molecule has 1 aromatic carbocycles. The van der Waals surface area contributed by atoms with E-state index in [0.29, 0.717) is 5.41 Å². The average molecular weight is 273 g/mol. The summed E-state index contributed by atoms with van der Waals surface area (Å²) < 4.78 is 11.1. The number of methoxy groups -OCH3 is 1. The number of rotatable bonds is 7. The summed E-state index contributed by atoms with van der Waals surface area (Å²) in [5.41, 5.74) is 1.44. The van der Waals surface area contributed by atoms with Crippen molar-refractivity contribution in [2.24, 2.45) is 5.41 Å². The second kappa shape index (κ2) is 5.58. The number of benzene rings is 1. The Kier molecular flexibility index (Phi) is 3.81. The van der Waals surface area contributed by atoms with Gasteiger partial charge in [-0.3, -0.25) is 0 Å². The molecule has 2 aromatic rings. The highest BCUT2D eigenvalue weighted by Gasteiger charge is 2.41. The molecule has 1 N–H and O–H groups in total. The van der Waals surface area contributed by atoms with Crippen LogP contribution in [0.2, 0.25) is 0 Å². The summed E-state index contributed by atoms with van der Waals surface area (Å²) >= 11 is 0. The van der Waals surface area contributed by atoms with Crippen LogP contribution in [0.15, 0.2) is 34.7 Å². The van der Waals surface area contributed by atoms with E-state index in [1.165, 1.54) is 18.2 Å². The second-order valence-electron chi connectivity index (χ2n) is 6.03. The van der Waals surface area contributed by atoms with Crippen LogP contribution in [0.5, 0.6) is 0 Å². The van der Waals surface area contributed by atoms with Gasteiger partial charge in [-0.05, 0) is 43.7 Å². The summed E-state index contributed by atoms with van der Waals surface area (Å²) in [7, 11) is 1.78. The molecule has 1 heterocycles. The quantitative estimate of drug-likeness (QED) is 0.830. The molecule has 1 fully saturated rings. The summed E-state index contributed by atoms with van der Waals surface area (Å²) in [6.07, 6.45) is 3.79. The molecule has 108 valence electrons. The molecule has 3 heteroatoms. The molecule has 0 aliphatic heterocycles. The molecular formula is C17H23NO2. The monoisotopic (exact) mass is 273 g/mol. The molecule has 1 saturated carbocycles. The summed E-state index contributed by atoms with van der Waals surface area (Å²) in [5, 5.41) is 4.80. The summed E-state index contributed by atoms with van der Waals surface area (Å²) in [4.78, 5) is 0. The fourth-order valence-electron chi connectivity index (χ4n) is 2.70. The van der Waals surface area contributed by atoms with Gasteiger partial charge in [-0.25, -0.2) is 0 Å². The van der Waals surface area contributed by atoms with E-state index in [2.05, 4.69) is 24.4 Å². The van der Waals surface area contributed by atoms with Crippen molar-refractivity contribution >= 4 is 11.0 Å². The van der Waals surface area contributed by atoms with Crippen LogP contribution in [-0.4, -0.2) is 20.3 Å². The van der Waals surface area contributed by atoms with Gasteiger partial charge in [-0.2, -0.15) is 0 Å². The lowest BCUT2D eigenvalue weighted by Gasteiger charge is -2.18. The highest BCUT2D eigenvalue weighted by Crippen LogP contribution is 2.48. The van der Waals surface area contributed by atoms with Crippen LogP contribution in [0.1, 0.15) is 38.0 Å². The van der Waals surface area contributed by atoms with Gasteiger partial charge in [0.2, 0.25) is 0 Å². The Hall–Kier alpha value is -1.32. The maximum Gasteiger partial charge on any atom is 0.134 e. The lowest BCUT2D eigenvalue weighted by atomic mass is 10.0. The Balaban J connectivity index is 1.60. The normalized spacial score (nSPS) is 18.3. The molecule has 1 aliphatic carbocycles. The number of fused-ring (bicyclic) bond motifs is 1. The molecular weight excluding hydrogens is 250 g/mol. The third-order valence-corrected chi connectivity index (χ3v) is 4.45. The van der Waals surface area contributed by atoms with E-state index in [-0.39, 0.29) is 6.04 Å². The van der Waals surface area contributed by atoms with Crippen molar-refractivity contribution in [1.29, 1.82) is 0 Å². The summed E-state index contributed by atoms with van der Waals surface area (Å²) in [6, 6.07) is 10.6. The number of furan rings is 1. The molecule has 20 heavy (non-hydrogen) atoms. The highest BCUT2D eigenvalue weighted by atomic mass is 16.5. The second-order valence-corrected chi connectivity index (χ2v) is 6.03. The van der Waals surface area contributed by atoms with Gasteiger partial charge < -0.3 is 14.5 Å². The molecule has 1 atom stereocenters. The molecule has 0 saturated heterocycles. The Morgan fingerprint density at radius 3 is 2.85 bits per heavy atom. The zero-order chi connectivity index (χ0) is 14.0. The first-order valence-electron chi connectivity index (χ1n) is 7.43.